The standard InChI is InChI=1S/C21H24FNO6S/c1-14-12-16(22)5-4-15(14)13-29-17-6-8-18(9-7-17)30(27,28)23-11-3-10-21(2,26)19(23)20(24)25/h4-9,12,19,26H,3,10-11,13H2,1-2H3,(H,24,25)/t19-,21+/m0/s1. The molecule has 7 nitrogen and oxygen atoms in total. The number of aliphatic carboxylic acids is 1. The van der Waals surface area contributed by atoms with E-state index in [1.165, 1.54) is 43.3 Å². The van der Waals surface area contributed by atoms with Gasteiger partial charge in [0.1, 0.15) is 18.2 Å². The first kappa shape index (κ1) is 22.2. The highest BCUT2D eigenvalue weighted by Gasteiger charge is 2.49. The molecule has 0 radical (unpaired) electrons. The van der Waals surface area contributed by atoms with Crippen molar-refractivity contribution in [1.82, 2.24) is 4.31 Å². The van der Waals surface area contributed by atoms with Crippen LogP contribution in [0.2, 0.25) is 0 Å². The van der Waals surface area contributed by atoms with E-state index < -0.39 is 27.6 Å². The van der Waals surface area contributed by atoms with E-state index in [0.717, 1.165) is 15.4 Å². The molecule has 9 heteroatoms. The number of carbonyl (C=O) groups is 1. The molecule has 1 aliphatic heterocycles. The zero-order valence-electron chi connectivity index (χ0n) is 16.7. The Morgan fingerprint density at radius 3 is 2.53 bits per heavy atom. The Balaban J connectivity index is 1.78. The maximum atomic E-state index is 13.2. The highest BCUT2D eigenvalue weighted by molar-refractivity contribution is 7.89. The summed E-state index contributed by atoms with van der Waals surface area (Å²) in [5, 5.41) is 19.9. The van der Waals surface area contributed by atoms with Crippen LogP contribution in [0.25, 0.3) is 0 Å². The first-order valence-corrected chi connectivity index (χ1v) is 10.9. The van der Waals surface area contributed by atoms with Crippen LogP contribution in [0.5, 0.6) is 5.75 Å². The average molecular weight is 437 g/mol. The van der Waals surface area contributed by atoms with Crippen LogP contribution in [0.3, 0.4) is 0 Å². The average Bonchev–Trinajstić information content (AvgIpc) is 2.66. The summed E-state index contributed by atoms with van der Waals surface area (Å²) in [5.41, 5.74) is -0.119. The number of hydrogen-bond acceptors (Lipinski definition) is 5. The van der Waals surface area contributed by atoms with Crippen LogP contribution in [0.1, 0.15) is 30.9 Å². The third kappa shape index (κ3) is 4.48. The van der Waals surface area contributed by atoms with Crippen molar-refractivity contribution in [3.63, 3.8) is 0 Å². The molecule has 1 fully saturated rings. The third-order valence-corrected chi connectivity index (χ3v) is 7.18. The predicted molar refractivity (Wildman–Crippen MR) is 107 cm³/mol. The lowest BCUT2D eigenvalue weighted by Crippen LogP contribution is -2.60. The maximum Gasteiger partial charge on any atom is 0.325 e. The van der Waals surface area contributed by atoms with E-state index in [1.54, 1.807) is 13.0 Å². The number of aryl methyl sites for hydroxylation is 1. The predicted octanol–water partition coefficient (Wildman–Crippen LogP) is 2.70. The second-order valence-corrected chi connectivity index (χ2v) is 9.54. The molecule has 0 unspecified atom stereocenters. The first-order chi connectivity index (χ1) is 14.0. The van der Waals surface area contributed by atoms with Crippen LogP contribution >= 0.6 is 0 Å². The quantitative estimate of drug-likeness (QED) is 0.720. The number of sulfonamides is 1. The number of hydrogen-bond donors (Lipinski definition) is 2. The topological polar surface area (TPSA) is 104 Å². The van der Waals surface area contributed by atoms with Crippen molar-refractivity contribution in [3.05, 3.63) is 59.4 Å². The van der Waals surface area contributed by atoms with Gasteiger partial charge in [0.15, 0.2) is 6.04 Å². The van der Waals surface area contributed by atoms with Crippen molar-refractivity contribution in [2.75, 3.05) is 6.54 Å². The van der Waals surface area contributed by atoms with Crippen LogP contribution in [-0.4, -0.2) is 47.1 Å². The fraction of sp³-hybridized carbons (Fsp3) is 0.381. The van der Waals surface area contributed by atoms with Gasteiger partial charge in [-0.3, -0.25) is 4.79 Å². The Hall–Kier alpha value is -2.49. The minimum absolute atomic E-state index is 0.0115. The number of aliphatic hydroxyl groups is 1. The van der Waals surface area contributed by atoms with Gasteiger partial charge in [-0.05, 0) is 74.2 Å². The first-order valence-electron chi connectivity index (χ1n) is 9.47. The molecule has 2 N–H and O–H groups in total. The van der Waals surface area contributed by atoms with E-state index in [1.807, 2.05) is 0 Å². The van der Waals surface area contributed by atoms with Gasteiger partial charge in [0, 0.05) is 6.54 Å². The van der Waals surface area contributed by atoms with Crippen molar-refractivity contribution in [3.8, 4) is 5.75 Å². The fourth-order valence-corrected chi connectivity index (χ4v) is 5.36. The highest BCUT2D eigenvalue weighted by Crippen LogP contribution is 2.32. The van der Waals surface area contributed by atoms with Crippen molar-refractivity contribution in [2.45, 2.75) is 49.8 Å². The van der Waals surface area contributed by atoms with Gasteiger partial charge in [0.05, 0.1) is 10.5 Å². The second-order valence-electron chi connectivity index (χ2n) is 7.65. The van der Waals surface area contributed by atoms with Gasteiger partial charge < -0.3 is 14.9 Å². The number of carboxylic acid groups (broad SMARTS) is 1. The summed E-state index contributed by atoms with van der Waals surface area (Å²) in [6, 6.07) is 8.43. The van der Waals surface area contributed by atoms with E-state index in [-0.39, 0.29) is 30.3 Å². The highest BCUT2D eigenvalue weighted by atomic mass is 32.2. The summed E-state index contributed by atoms with van der Waals surface area (Å²) >= 11 is 0. The monoisotopic (exact) mass is 437 g/mol. The molecule has 0 amide bonds. The van der Waals surface area contributed by atoms with Crippen LogP contribution in [-0.2, 0) is 21.4 Å². The van der Waals surface area contributed by atoms with Gasteiger partial charge in [-0.1, -0.05) is 6.07 Å². The molecule has 30 heavy (non-hydrogen) atoms. The molecule has 2 atom stereocenters. The second kappa shape index (κ2) is 8.33. The normalized spacial score (nSPS) is 22.6. The molecule has 1 saturated heterocycles. The van der Waals surface area contributed by atoms with Crippen LogP contribution in [0.4, 0.5) is 4.39 Å². The van der Waals surface area contributed by atoms with Gasteiger partial charge in [-0.15, -0.1) is 0 Å². The summed E-state index contributed by atoms with van der Waals surface area (Å²) in [6.07, 6.45) is 0.555. The smallest absolute Gasteiger partial charge is 0.325 e. The number of rotatable bonds is 6. The largest absolute Gasteiger partial charge is 0.489 e. The third-order valence-electron chi connectivity index (χ3n) is 5.30. The number of carboxylic acids is 1. The number of ether oxygens (including phenoxy) is 1. The van der Waals surface area contributed by atoms with Gasteiger partial charge in [-0.2, -0.15) is 4.31 Å². The van der Waals surface area contributed by atoms with E-state index in [2.05, 4.69) is 0 Å². The molecular formula is C21H24FNO6S. The number of halogens is 1. The van der Waals surface area contributed by atoms with E-state index >= 15 is 0 Å². The lowest BCUT2D eigenvalue weighted by molar-refractivity contribution is -0.153. The molecule has 0 saturated carbocycles. The van der Waals surface area contributed by atoms with Crippen LogP contribution < -0.4 is 4.74 Å². The Morgan fingerprint density at radius 2 is 1.93 bits per heavy atom. The Bertz CT molecular complexity index is 1040. The zero-order valence-corrected chi connectivity index (χ0v) is 17.5. The molecule has 2 aromatic rings. The fourth-order valence-electron chi connectivity index (χ4n) is 3.64. The molecule has 3 rings (SSSR count). The number of piperidine rings is 1. The van der Waals surface area contributed by atoms with E-state index in [0.29, 0.717) is 12.2 Å². The molecule has 1 heterocycles. The van der Waals surface area contributed by atoms with E-state index in [4.69, 9.17) is 4.74 Å². The van der Waals surface area contributed by atoms with E-state index in [9.17, 15) is 27.8 Å². The number of nitrogens with zero attached hydrogens (tertiary/aromatic N) is 1. The molecule has 2 aromatic carbocycles. The maximum absolute atomic E-state index is 13.2. The Morgan fingerprint density at radius 1 is 1.27 bits per heavy atom. The van der Waals surface area contributed by atoms with Crippen LogP contribution in [0, 0.1) is 12.7 Å². The van der Waals surface area contributed by atoms with Gasteiger partial charge >= 0.3 is 5.97 Å². The minimum Gasteiger partial charge on any atom is -0.489 e. The molecule has 0 bridgehead atoms. The zero-order chi connectivity index (χ0) is 22.1. The lowest BCUT2D eigenvalue weighted by Gasteiger charge is -2.41. The van der Waals surface area contributed by atoms with Crippen molar-refractivity contribution >= 4 is 16.0 Å². The molecule has 1 aliphatic rings. The summed E-state index contributed by atoms with van der Waals surface area (Å²) in [6.45, 7) is 3.30. The lowest BCUT2D eigenvalue weighted by atomic mass is 9.88. The van der Waals surface area contributed by atoms with Gasteiger partial charge in [-0.25, -0.2) is 12.8 Å². The molecule has 162 valence electrons. The minimum atomic E-state index is -4.13. The van der Waals surface area contributed by atoms with Crippen LogP contribution in [0.15, 0.2) is 47.4 Å². The number of benzene rings is 2. The van der Waals surface area contributed by atoms with Gasteiger partial charge in [0.2, 0.25) is 10.0 Å². The Labute approximate surface area is 174 Å². The van der Waals surface area contributed by atoms with Crippen molar-refractivity contribution < 1.29 is 32.6 Å². The SMILES string of the molecule is Cc1cc(F)ccc1COc1ccc(S(=O)(=O)N2CCC[C@@](C)(O)[C@@H]2C(=O)O)cc1. The molecule has 0 aromatic heterocycles. The Kier molecular flexibility index (Phi) is 6.16. The molecular weight excluding hydrogens is 413 g/mol. The van der Waals surface area contributed by atoms with Crippen molar-refractivity contribution in [1.29, 1.82) is 0 Å². The van der Waals surface area contributed by atoms with Crippen molar-refractivity contribution in [2.24, 2.45) is 0 Å². The summed E-state index contributed by atoms with van der Waals surface area (Å²) < 4.78 is 45.8. The summed E-state index contributed by atoms with van der Waals surface area (Å²) in [7, 11) is -4.13. The van der Waals surface area contributed by atoms with Gasteiger partial charge in [0.25, 0.3) is 0 Å². The molecule has 0 aliphatic carbocycles. The summed E-state index contributed by atoms with van der Waals surface area (Å²) in [4.78, 5) is 11.6. The molecule has 0 spiro atoms. The summed E-state index contributed by atoms with van der Waals surface area (Å²) in [5.74, 6) is -1.31.